The first kappa shape index (κ1) is 19.9. The highest BCUT2D eigenvalue weighted by molar-refractivity contribution is 7.99. The number of aliphatic hydroxyl groups is 1. The number of hydrogen-bond donors (Lipinski definition) is 2. The zero-order chi connectivity index (χ0) is 19.1. The number of ether oxygens (including phenoxy) is 1. The maximum atomic E-state index is 11.0. The average Bonchev–Trinajstić information content (AvgIpc) is 2.69. The van der Waals surface area contributed by atoms with Crippen molar-refractivity contribution >= 4 is 17.5 Å². The number of rotatable bonds is 9. The first-order chi connectivity index (χ1) is 13.1. The molecule has 0 spiro atoms. The first-order valence-electron chi connectivity index (χ1n) is 9.46. The smallest absolute Gasteiger partial charge is 0.130 e. The molecule has 3 rings (SSSR count). The number of Topliss-reactive ketones (excluding diaryl/α,β-unsaturated/α-hetero) is 1. The Morgan fingerprint density at radius 2 is 2.04 bits per heavy atom. The van der Waals surface area contributed by atoms with Gasteiger partial charge in [-0.25, -0.2) is 0 Å². The third-order valence-corrected chi connectivity index (χ3v) is 5.81. The van der Waals surface area contributed by atoms with Crippen LogP contribution in [0.1, 0.15) is 36.9 Å². The number of thioether (sulfide) groups is 1. The van der Waals surface area contributed by atoms with Crippen LogP contribution in [-0.2, 0) is 11.2 Å². The number of fused-ring (bicyclic) bond motifs is 1. The van der Waals surface area contributed by atoms with Gasteiger partial charge in [0.1, 0.15) is 24.2 Å². The van der Waals surface area contributed by atoms with Crippen molar-refractivity contribution in [3.8, 4) is 5.75 Å². The Bertz CT molecular complexity index is 747. The Hall–Kier alpha value is -1.82. The molecular weight excluding hydrogens is 358 g/mol. The summed E-state index contributed by atoms with van der Waals surface area (Å²) in [5.41, 5.74) is 2.44. The highest BCUT2D eigenvalue weighted by Gasteiger charge is 2.20. The van der Waals surface area contributed by atoms with Gasteiger partial charge in [-0.05, 0) is 54.8 Å². The van der Waals surface area contributed by atoms with Crippen LogP contribution in [0.3, 0.4) is 0 Å². The molecule has 0 aliphatic carbocycles. The van der Waals surface area contributed by atoms with E-state index in [1.165, 1.54) is 10.5 Å². The lowest BCUT2D eigenvalue weighted by atomic mass is 10.0. The number of benzene rings is 2. The Kier molecular flexibility index (Phi) is 7.33. The molecule has 2 atom stereocenters. The summed E-state index contributed by atoms with van der Waals surface area (Å²) in [5, 5.41) is 13.7. The van der Waals surface area contributed by atoms with Crippen LogP contribution in [0.4, 0.5) is 0 Å². The Morgan fingerprint density at radius 1 is 1.26 bits per heavy atom. The Morgan fingerprint density at radius 3 is 2.81 bits per heavy atom. The average molecular weight is 386 g/mol. The van der Waals surface area contributed by atoms with Crippen molar-refractivity contribution in [2.75, 3.05) is 18.9 Å². The molecule has 2 N–H and O–H groups in total. The predicted molar refractivity (Wildman–Crippen MR) is 109 cm³/mol. The molecule has 5 heteroatoms. The molecule has 0 unspecified atom stereocenters. The molecule has 2 aromatic rings. The lowest BCUT2D eigenvalue weighted by molar-refractivity contribution is -0.116. The zero-order valence-corrected chi connectivity index (χ0v) is 16.5. The van der Waals surface area contributed by atoms with Crippen molar-refractivity contribution < 1.29 is 14.6 Å². The Balaban J connectivity index is 1.42. The molecule has 0 saturated heterocycles. The molecule has 0 amide bonds. The Labute approximate surface area is 165 Å². The molecule has 1 aliphatic heterocycles. The lowest BCUT2D eigenvalue weighted by Crippen LogP contribution is -2.35. The molecule has 0 saturated carbocycles. The topological polar surface area (TPSA) is 58.6 Å². The lowest BCUT2D eigenvalue weighted by Gasteiger charge is -2.27. The predicted octanol–water partition coefficient (Wildman–Crippen LogP) is 3.77. The molecule has 144 valence electrons. The van der Waals surface area contributed by atoms with E-state index in [-0.39, 0.29) is 18.4 Å². The van der Waals surface area contributed by atoms with Crippen molar-refractivity contribution in [1.82, 2.24) is 5.32 Å². The third kappa shape index (κ3) is 6.09. The second-order valence-electron chi connectivity index (χ2n) is 6.95. The zero-order valence-electron chi connectivity index (χ0n) is 15.7. The quantitative estimate of drug-likeness (QED) is 0.688. The summed E-state index contributed by atoms with van der Waals surface area (Å²) < 4.78 is 5.70. The largest absolute Gasteiger partial charge is 0.491 e. The fraction of sp³-hybridized carbons (Fsp3) is 0.409. The van der Waals surface area contributed by atoms with Gasteiger partial charge in [-0.2, -0.15) is 0 Å². The summed E-state index contributed by atoms with van der Waals surface area (Å²) in [6.45, 7) is 2.36. The van der Waals surface area contributed by atoms with Gasteiger partial charge >= 0.3 is 0 Å². The SMILES string of the molecule is CC(=O)CCc1ccc(OC[C@@H](O)CN[C@@H]2CCSc3ccccc32)cc1. The number of aliphatic hydroxyl groups excluding tert-OH is 1. The van der Waals surface area contributed by atoms with Crippen molar-refractivity contribution in [3.05, 3.63) is 59.7 Å². The molecule has 1 heterocycles. The van der Waals surface area contributed by atoms with Crippen LogP contribution in [0.2, 0.25) is 0 Å². The number of aryl methyl sites for hydroxylation is 1. The van der Waals surface area contributed by atoms with E-state index in [1.807, 2.05) is 36.0 Å². The van der Waals surface area contributed by atoms with E-state index in [0.29, 0.717) is 13.0 Å². The van der Waals surface area contributed by atoms with E-state index in [2.05, 4.69) is 29.6 Å². The van der Waals surface area contributed by atoms with Crippen LogP contribution >= 0.6 is 11.8 Å². The standard InChI is InChI=1S/C22H27NO3S/c1-16(24)6-7-17-8-10-19(11-9-17)26-15-18(25)14-23-21-12-13-27-22-5-3-2-4-20(21)22/h2-5,8-11,18,21,23,25H,6-7,12-15H2,1H3/t18-,21+/m0/s1. The molecule has 2 aromatic carbocycles. The van der Waals surface area contributed by atoms with Crippen LogP contribution in [0, 0.1) is 0 Å². The summed E-state index contributed by atoms with van der Waals surface area (Å²) in [6, 6.07) is 16.5. The summed E-state index contributed by atoms with van der Waals surface area (Å²) in [7, 11) is 0. The van der Waals surface area contributed by atoms with Crippen LogP contribution in [0.25, 0.3) is 0 Å². The highest BCUT2D eigenvalue weighted by Crippen LogP contribution is 2.35. The fourth-order valence-corrected chi connectivity index (χ4v) is 4.28. The van der Waals surface area contributed by atoms with Crippen molar-refractivity contribution in [2.24, 2.45) is 0 Å². The minimum atomic E-state index is -0.566. The second-order valence-corrected chi connectivity index (χ2v) is 8.08. The number of carbonyl (C=O) groups is 1. The van der Waals surface area contributed by atoms with Crippen LogP contribution in [0.15, 0.2) is 53.4 Å². The van der Waals surface area contributed by atoms with E-state index < -0.39 is 6.10 Å². The maximum absolute atomic E-state index is 11.0. The van der Waals surface area contributed by atoms with Gasteiger partial charge in [0.25, 0.3) is 0 Å². The van der Waals surface area contributed by atoms with Gasteiger partial charge in [-0.1, -0.05) is 30.3 Å². The maximum Gasteiger partial charge on any atom is 0.130 e. The second kappa shape index (κ2) is 9.93. The molecule has 27 heavy (non-hydrogen) atoms. The molecule has 0 fully saturated rings. The minimum Gasteiger partial charge on any atom is -0.491 e. The summed E-state index contributed by atoms with van der Waals surface area (Å²) in [6.07, 6.45) is 1.82. The summed E-state index contributed by atoms with van der Waals surface area (Å²) in [5.74, 6) is 2.03. The molecule has 1 aliphatic rings. The van der Waals surface area contributed by atoms with Gasteiger partial charge in [0.2, 0.25) is 0 Å². The summed E-state index contributed by atoms with van der Waals surface area (Å²) >= 11 is 1.89. The van der Waals surface area contributed by atoms with E-state index in [9.17, 15) is 9.90 Å². The first-order valence-corrected chi connectivity index (χ1v) is 10.4. The van der Waals surface area contributed by atoms with Crippen molar-refractivity contribution in [3.63, 3.8) is 0 Å². The number of carbonyl (C=O) groups excluding carboxylic acids is 1. The normalized spacial score (nSPS) is 17.2. The van der Waals surface area contributed by atoms with Gasteiger partial charge in [-0.3, -0.25) is 0 Å². The van der Waals surface area contributed by atoms with Crippen molar-refractivity contribution in [1.29, 1.82) is 0 Å². The van der Waals surface area contributed by atoms with E-state index in [1.54, 1.807) is 6.92 Å². The highest BCUT2D eigenvalue weighted by atomic mass is 32.2. The van der Waals surface area contributed by atoms with E-state index in [0.717, 1.165) is 29.9 Å². The summed E-state index contributed by atoms with van der Waals surface area (Å²) in [4.78, 5) is 12.4. The fourth-order valence-electron chi connectivity index (χ4n) is 3.16. The van der Waals surface area contributed by atoms with Crippen molar-refractivity contribution in [2.45, 2.75) is 43.2 Å². The van der Waals surface area contributed by atoms with Gasteiger partial charge in [-0.15, -0.1) is 11.8 Å². The number of hydrogen-bond acceptors (Lipinski definition) is 5. The van der Waals surface area contributed by atoms with Crippen LogP contribution in [0.5, 0.6) is 5.75 Å². The minimum absolute atomic E-state index is 0.199. The molecule has 4 nitrogen and oxygen atoms in total. The van der Waals surface area contributed by atoms with Crippen LogP contribution in [-0.4, -0.2) is 35.9 Å². The van der Waals surface area contributed by atoms with Gasteiger partial charge in [0.05, 0.1) is 0 Å². The third-order valence-electron chi connectivity index (χ3n) is 4.69. The number of ketones is 1. The monoisotopic (exact) mass is 385 g/mol. The molecule has 0 aromatic heterocycles. The van der Waals surface area contributed by atoms with E-state index >= 15 is 0 Å². The van der Waals surface area contributed by atoms with Crippen LogP contribution < -0.4 is 10.1 Å². The van der Waals surface area contributed by atoms with Gasteiger partial charge in [0.15, 0.2) is 0 Å². The molecule has 0 bridgehead atoms. The van der Waals surface area contributed by atoms with Gasteiger partial charge < -0.3 is 20.0 Å². The molecule has 0 radical (unpaired) electrons. The number of nitrogens with one attached hydrogen (secondary N) is 1. The van der Waals surface area contributed by atoms with E-state index in [4.69, 9.17) is 4.74 Å². The van der Waals surface area contributed by atoms with Gasteiger partial charge in [0, 0.05) is 23.9 Å². The molecular formula is C22H27NO3S.